The van der Waals surface area contributed by atoms with E-state index >= 15 is 0 Å². The second-order valence-electron chi connectivity index (χ2n) is 7.77. The van der Waals surface area contributed by atoms with Gasteiger partial charge >= 0.3 is 6.18 Å². The number of carbonyl (C=O) groups excluding carboxylic acids is 2. The summed E-state index contributed by atoms with van der Waals surface area (Å²) in [7, 11) is 0. The Morgan fingerprint density at radius 1 is 1.13 bits per heavy atom. The Morgan fingerprint density at radius 3 is 2.55 bits per heavy atom. The zero-order valence-corrected chi connectivity index (χ0v) is 16.9. The first-order valence-corrected chi connectivity index (χ1v) is 10.1. The molecule has 1 aliphatic rings. The van der Waals surface area contributed by atoms with Gasteiger partial charge in [0.25, 0.3) is 5.91 Å². The number of hydrogen-bond donors (Lipinski definition) is 1. The molecule has 0 bridgehead atoms. The first-order chi connectivity index (χ1) is 14.7. The number of nitrogens with one attached hydrogen (secondary N) is 1. The van der Waals surface area contributed by atoms with E-state index in [9.17, 15) is 22.8 Å². The van der Waals surface area contributed by atoms with Crippen molar-refractivity contribution in [1.82, 2.24) is 14.8 Å². The first-order valence-electron chi connectivity index (χ1n) is 10.1. The van der Waals surface area contributed by atoms with Crippen LogP contribution >= 0.6 is 0 Å². The Balaban J connectivity index is 1.66. The monoisotopic (exact) mass is 430 g/mol. The molecule has 0 radical (unpaired) electrons. The van der Waals surface area contributed by atoms with Crippen LogP contribution in [0.5, 0.6) is 0 Å². The number of Topliss-reactive ketones (excluding diaryl/α,β-unsaturated/α-hetero) is 1. The summed E-state index contributed by atoms with van der Waals surface area (Å²) in [6.45, 7) is 1.36. The topological polar surface area (TPSA) is 76.9 Å². The highest BCUT2D eigenvalue weighted by Gasteiger charge is 2.33. The highest BCUT2D eigenvalue weighted by Crippen LogP contribution is 2.31. The van der Waals surface area contributed by atoms with Gasteiger partial charge in [-0.2, -0.15) is 18.3 Å². The SMILES string of the molecule is CC(=O)c1cc2nn(C3CCCCC3)cc2cc1NC(=O)c1cccc(C(F)(F)F)n1. The highest BCUT2D eigenvalue weighted by atomic mass is 19.4. The molecule has 1 saturated carbocycles. The van der Waals surface area contributed by atoms with Crippen molar-refractivity contribution in [1.29, 1.82) is 0 Å². The molecular formula is C22H21F3N4O2. The number of halogens is 3. The van der Waals surface area contributed by atoms with E-state index in [1.165, 1.54) is 19.4 Å². The van der Waals surface area contributed by atoms with Gasteiger partial charge in [0.15, 0.2) is 5.78 Å². The minimum Gasteiger partial charge on any atom is -0.320 e. The Morgan fingerprint density at radius 2 is 1.87 bits per heavy atom. The summed E-state index contributed by atoms with van der Waals surface area (Å²) in [5.74, 6) is -1.12. The van der Waals surface area contributed by atoms with Crippen LogP contribution < -0.4 is 5.32 Å². The summed E-state index contributed by atoms with van der Waals surface area (Å²) >= 11 is 0. The van der Waals surface area contributed by atoms with Crippen molar-refractivity contribution in [3.63, 3.8) is 0 Å². The van der Waals surface area contributed by atoms with Gasteiger partial charge in [0, 0.05) is 17.1 Å². The van der Waals surface area contributed by atoms with Gasteiger partial charge in [-0.25, -0.2) is 4.98 Å². The van der Waals surface area contributed by atoms with E-state index in [0.717, 1.165) is 43.2 Å². The van der Waals surface area contributed by atoms with Crippen LogP contribution in [0.4, 0.5) is 18.9 Å². The van der Waals surface area contributed by atoms with Gasteiger partial charge in [0.1, 0.15) is 11.4 Å². The van der Waals surface area contributed by atoms with Crippen molar-refractivity contribution < 1.29 is 22.8 Å². The number of ketones is 1. The number of carbonyl (C=O) groups is 2. The number of anilines is 1. The van der Waals surface area contributed by atoms with Crippen LogP contribution in [-0.4, -0.2) is 26.5 Å². The number of amides is 1. The molecule has 1 fully saturated rings. The Hall–Kier alpha value is -3.23. The third-order valence-corrected chi connectivity index (χ3v) is 5.51. The minimum atomic E-state index is -4.66. The standard InChI is InChI=1S/C22H21F3N4O2/c1-13(30)16-11-18-14(12-29(28-18)15-6-3-2-4-7-15)10-19(16)27-21(31)17-8-5-9-20(26-17)22(23,24)25/h5,8-12,15H,2-4,6-7H2,1H3,(H,27,31). The average Bonchev–Trinajstić information content (AvgIpc) is 3.16. The fourth-order valence-corrected chi connectivity index (χ4v) is 3.92. The lowest BCUT2D eigenvalue weighted by atomic mass is 9.96. The van der Waals surface area contributed by atoms with Crippen molar-refractivity contribution in [2.45, 2.75) is 51.2 Å². The highest BCUT2D eigenvalue weighted by molar-refractivity contribution is 6.10. The molecule has 1 aromatic carbocycles. The number of alkyl halides is 3. The second kappa shape index (κ2) is 8.13. The van der Waals surface area contributed by atoms with E-state index < -0.39 is 17.8 Å². The normalized spacial score (nSPS) is 15.2. The number of aromatic nitrogens is 3. The summed E-state index contributed by atoms with van der Waals surface area (Å²) in [4.78, 5) is 28.2. The molecule has 0 unspecified atom stereocenters. The van der Waals surface area contributed by atoms with Crippen LogP contribution in [0, 0.1) is 0 Å². The van der Waals surface area contributed by atoms with Gasteiger partial charge in [-0.3, -0.25) is 14.3 Å². The predicted molar refractivity (Wildman–Crippen MR) is 109 cm³/mol. The summed E-state index contributed by atoms with van der Waals surface area (Å²) < 4.78 is 40.6. The molecule has 0 atom stereocenters. The molecule has 1 aliphatic carbocycles. The smallest absolute Gasteiger partial charge is 0.320 e. The van der Waals surface area contributed by atoms with Gasteiger partial charge < -0.3 is 5.32 Å². The Bertz CT molecular complexity index is 1150. The van der Waals surface area contributed by atoms with Crippen LogP contribution in [0.3, 0.4) is 0 Å². The van der Waals surface area contributed by atoms with Gasteiger partial charge in [0.05, 0.1) is 17.2 Å². The number of benzene rings is 1. The molecule has 1 N–H and O–H groups in total. The van der Waals surface area contributed by atoms with Gasteiger partial charge in [-0.1, -0.05) is 25.3 Å². The van der Waals surface area contributed by atoms with Crippen molar-refractivity contribution in [3.8, 4) is 0 Å². The molecule has 162 valence electrons. The lowest BCUT2D eigenvalue weighted by Crippen LogP contribution is -2.18. The first kappa shape index (κ1) is 21.0. The lowest BCUT2D eigenvalue weighted by molar-refractivity contribution is -0.141. The molecule has 6 nitrogen and oxygen atoms in total. The van der Waals surface area contributed by atoms with Crippen LogP contribution in [-0.2, 0) is 6.18 Å². The average molecular weight is 430 g/mol. The zero-order chi connectivity index (χ0) is 22.2. The number of rotatable bonds is 4. The lowest BCUT2D eigenvalue weighted by Gasteiger charge is -2.21. The summed E-state index contributed by atoms with van der Waals surface area (Å²) in [6, 6.07) is 6.64. The zero-order valence-electron chi connectivity index (χ0n) is 16.9. The number of hydrogen-bond acceptors (Lipinski definition) is 4. The molecule has 9 heteroatoms. The fourth-order valence-electron chi connectivity index (χ4n) is 3.92. The van der Waals surface area contributed by atoms with E-state index in [-0.39, 0.29) is 22.7 Å². The molecular weight excluding hydrogens is 409 g/mol. The van der Waals surface area contributed by atoms with Crippen molar-refractivity contribution in [2.75, 3.05) is 5.32 Å². The number of pyridine rings is 1. The van der Waals surface area contributed by atoms with Crippen LogP contribution in [0.25, 0.3) is 10.9 Å². The van der Waals surface area contributed by atoms with Crippen molar-refractivity contribution in [3.05, 3.63) is 53.5 Å². The molecule has 4 rings (SSSR count). The quantitative estimate of drug-likeness (QED) is 0.562. The Kier molecular flexibility index (Phi) is 5.51. The third kappa shape index (κ3) is 4.45. The van der Waals surface area contributed by atoms with Crippen LogP contribution in [0.2, 0.25) is 0 Å². The summed E-state index contributed by atoms with van der Waals surface area (Å²) in [5, 5.41) is 7.89. The molecule has 2 heterocycles. The van der Waals surface area contributed by atoms with Crippen LogP contribution in [0.1, 0.15) is 71.6 Å². The van der Waals surface area contributed by atoms with Crippen molar-refractivity contribution >= 4 is 28.3 Å². The maximum absolute atomic E-state index is 12.9. The molecule has 2 aromatic heterocycles. The van der Waals surface area contributed by atoms with E-state index in [1.54, 1.807) is 12.1 Å². The Labute approximate surface area is 176 Å². The van der Waals surface area contributed by atoms with Gasteiger partial charge in [-0.05, 0) is 44.0 Å². The number of fused-ring (bicyclic) bond motifs is 1. The van der Waals surface area contributed by atoms with E-state index in [0.29, 0.717) is 11.6 Å². The molecule has 0 aliphatic heterocycles. The molecule has 1 amide bonds. The van der Waals surface area contributed by atoms with E-state index in [2.05, 4.69) is 15.4 Å². The maximum atomic E-state index is 12.9. The summed E-state index contributed by atoms with van der Waals surface area (Å²) in [5.41, 5.74) is -0.460. The van der Waals surface area contributed by atoms with Crippen LogP contribution in [0.15, 0.2) is 36.5 Å². The molecule has 0 saturated heterocycles. The molecule has 3 aromatic rings. The van der Waals surface area contributed by atoms with Gasteiger partial charge in [0.2, 0.25) is 0 Å². The largest absolute Gasteiger partial charge is 0.433 e. The summed E-state index contributed by atoms with van der Waals surface area (Å²) in [6.07, 6.45) is 2.80. The maximum Gasteiger partial charge on any atom is 0.433 e. The van der Waals surface area contributed by atoms with E-state index in [1.807, 2.05) is 10.9 Å². The second-order valence-corrected chi connectivity index (χ2v) is 7.77. The number of nitrogens with zero attached hydrogens (tertiary/aromatic N) is 3. The molecule has 31 heavy (non-hydrogen) atoms. The van der Waals surface area contributed by atoms with Crippen molar-refractivity contribution in [2.24, 2.45) is 0 Å². The minimum absolute atomic E-state index is 0.215. The fraction of sp³-hybridized carbons (Fsp3) is 0.364. The third-order valence-electron chi connectivity index (χ3n) is 5.51. The van der Waals surface area contributed by atoms with E-state index in [4.69, 9.17) is 0 Å². The van der Waals surface area contributed by atoms with Gasteiger partial charge in [-0.15, -0.1) is 0 Å². The predicted octanol–water partition coefficient (Wildman–Crippen LogP) is 5.41. The molecule has 0 spiro atoms.